The molecule has 1 N–H and O–H groups in total. The van der Waals surface area contributed by atoms with Gasteiger partial charge in [0.05, 0.1) is 18.2 Å². The van der Waals surface area contributed by atoms with Crippen LogP contribution in [-0.4, -0.2) is 49.5 Å². The van der Waals surface area contributed by atoms with Gasteiger partial charge in [-0.25, -0.2) is 4.98 Å². The van der Waals surface area contributed by atoms with E-state index < -0.39 is 6.10 Å². The highest BCUT2D eigenvalue weighted by Crippen LogP contribution is 2.37. The van der Waals surface area contributed by atoms with Crippen LogP contribution < -0.4 is 9.80 Å². The van der Waals surface area contributed by atoms with Crippen LogP contribution in [0.4, 0.5) is 11.8 Å². The summed E-state index contributed by atoms with van der Waals surface area (Å²) in [4.78, 5) is 11.6. The zero-order valence-corrected chi connectivity index (χ0v) is 24.2. The number of aryl methyl sites for hydroxylation is 3. The van der Waals surface area contributed by atoms with Crippen molar-refractivity contribution in [1.82, 2.24) is 25.2 Å². The Morgan fingerprint density at radius 3 is 2.27 bits per heavy atom. The molecule has 0 radical (unpaired) electrons. The van der Waals surface area contributed by atoms with Crippen molar-refractivity contribution in [3.05, 3.63) is 70.3 Å². The summed E-state index contributed by atoms with van der Waals surface area (Å²) < 4.78 is 0. The summed E-state index contributed by atoms with van der Waals surface area (Å²) in [5, 5.41) is 24.4. The molecule has 0 saturated heterocycles. The normalized spacial score (nSPS) is 15.9. The SMILES string of the molecule is Cc1cc(C)cc(CN(Cc2cc3cccc(C)c3nc2N(CC2CC2)CC2CC2)c2nnn(CC(C)O)n2)c1. The lowest BCUT2D eigenvalue weighted by Crippen LogP contribution is -2.32. The van der Waals surface area contributed by atoms with Crippen LogP contribution in [0.2, 0.25) is 0 Å². The van der Waals surface area contributed by atoms with Gasteiger partial charge >= 0.3 is 0 Å². The van der Waals surface area contributed by atoms with Crippen LogP contribution in [0.1, 0.15) is 60.4 Å². The number of fused-ring (bicyclic) bond motifs is 1. The molecule has 6 rings (SSSR count). The Labute approximate surface area is 237 Å². The van der Waals surface area contributed by atoms with Gasteiger partial charge in [0.15, 0.2) is 0 Å². The number of para-hydroxylation sites is 1. The Kier molecular flexibility index (Phi) is 7.45. The molecule has 0 aliphatic heterocycles. The zero-order chi connectivity index (χ0) is 27.8. The number of rotatable bonds is 12. The molecule has 1 unspecified atom stereocenters. The van der Waals surface area contributed by atoms with Crippen LogP contribution in [0, 0.1) is 32.6 Å². The molecule has 0 amide bonds. The third kappa shape index (κ3) is 6.44. The fourth-order valence-electron chi connectivity index (χ4n) is 5.70. The Balaban J connectivity index is 1.41. The largest absolute Gasteiger partial charge is 0.391 e. The van der Waals surface area contributed by atoms with Gasteiger partial charge in [-0.15, -0.1) is 5.10 Å². The Hall–Kier alpha value is -3.52. The molecule has 2 saturated carbocycles. The second-order valence-corrected chi connectivity index (χ2v) is 12.3. The number of pyridine rings is 1. The van der Waals surface area contributed by atoms with Gasteiger partial charge in [-0.1, -0.05) is 52.6 Å². The predicted octanol–water partition coefficient (Wildman–Crippen LogP) is 5.36. The van der Waals surface area contributed by atoms with Crippen LogP contribution in [0.5, 0.6) is 0 Å². The van der Waals surface area contributed by atoms with Crippen molar-refractivity contribution in [1.29, 1.82) is 0 Å². The van der Waals surface area contributed by atoms with Crippen molar-refractivity contribution in [3.8, 4) is 0 Å². The first-order valence-corrected chi connectivity index (χ1v) is 14.7. The van der Waals surface area contributed by atoms with Gasteiger partial charge in [-0.2, -0.15) is 4.80 Å². The number of hydrogen-bond acceptors (Lipinski definition) is 7. The first-order chi connectivity index (χ1) is 19.3. The molecule has 0 spiro atoms. The molecule has 2 aliphatic carbocycles. The minimum Gasteiger partial charge on any atom is -0.391 e. The van der Waals surface area contributed by atoms with Gasteiger partial charge in [-0.3, -0.25) is 0 Å². The van der Waals surface area contributed by atoms with Crippen molar-refractivity contribution >= 4 is 22.7 Å². The number of nitrogens with zero attached hydrogens (tertiary/aromatic N) is 7. The van der Waals surface area contributed by atoms with Gasteiger partial charge in [0.1, 0.15) is 5.82 Å². The highest BCUT2D eigenvalue weighted by molar-refractivity contribution is 5.84. The highest BCUT2D eigenvalue weighted by Gasteiger charge is 2.31. The average Bonchev–Trinajstić information content (AvgIpc) is 3.83. The molecular weight excluding hydrogens is 498 g/mol. The number of benzene rings is 2. The molecular formula is C32H41N7O. The Morgan fingerprint density at radius 2 is 1.62 bits per heavy atom. The summed E-state index contributed by atoms with van der Waals surface area (Å²) in [6, 6.07) is 15.4. The molecule has 8 nitrogen and oxygen atoms in total. The first kappa shape index (κ1) is 26.7. The monoisotopic (exact) mass is 539 g/mol. The maximum absolute atomic E-state index is 9.90. The van der Waals surface area contributed by atoms with E-state index in [2.05, 4.69) is 88.4 Å². The van der Waals surface area contributed by atoms with E-state index >= 15 is 0 Å². The smallest absolute Gasteiger partial charge is 0.266 e. The Morgan fingerprint density at radius 1 is 0.925 bits per heavy atom. The van der Waals surface area contributed by atoms with E-state index in [1.54, 1.807) is 6.92 Å². The number of hydrogen-bond donors (Lipinski definition) is 1. The topological polar surface area (TPSA) is 83.2 Å². The van der Waals surface area contributed by atoms with Crippen molar-refractivity contribution in [2.45, 2.75) is 79.1 Å². The summed E-state index contributed by atoms with van der Waals surface area (Å²) in [6.07, 6.45) is 4.72. The number of aromatic nitrogens is 5. The summed E-state index contributed by atoms with van der Waals surface area (Å²) in [6.45, 7) is 11.9. The minimum absolute atomic E-state index is 0.309. The molecule has 1 atom stereocenters. The van der Waals surface area contributed by atoms with Crippen LogP contribution >= 0.6 is 0 Å². The molecule has 4 aromatic rings. The van der Waals surface area contributed by atoms with E-state index in [0.29, 0.717) is 25.6 Å². The van der Waals surface area contributed by atoms with E-state index in [0.717, 1.165) is 41.6 Å². The molecule has 2 aromatic heterocycles. The molecule has 2 aliphatic rings. The predicted molar refractivity (Wildman–Crippen MR) is 159 cm³/mol. The second kappa shape index (κ2) is 11.2. The van der Waals surface area contributed by atoms with E-state index in [1.165, 1.54) is 58.3 Å². The molecule has 2 aromatic carbocycles. The fraction of sp³-hybridized carbons (Fsp3) is 0.500. The van der Waals surface area contributed by atoms with E-state index in [4.69, 9.17) is 4.98 Å². The second-order valence-electron chi connectivity index (χ2n) is 12.3. The van der Waals surface area contributed by atoms with Crippen molar-refractivity contribution in [2.75, 3.05) is 22.9 Å². The van der Waals surface area contributed by atoms with E-state index in [1.807, 2.05) is 0 Å². The van der Waals surface area contributed by atoms with Gasteiger partial charge in [0.2, 0.25) is 0 Å². The van der Waals surface area contributed by atoms with Gasteiger partial charge in [0, 0.05) is 37.1 Å². The summed E-state index contributed by atoms with van der Waals surface area (Å²) in [7, 11) is 0. The van der Waals surface area contributed by atoms with Crippen molar-refractivity contribution in [2.24, 2.45) is 11.8 Å². The lowest BCUT2D eigenvalue weighted by atomic mass is 10.1. The quantitative estimate of drug-likeness (QED) is 0.259. The average molecular weight is 540 g/mol. The maximum Gasteiger partial charge on any atom is 0.266 e. The third-order valence-corrected chi connectivity index (χ3v) is 7.92. The van der Waals surface area contributed by atoms with Gasteiger partial charge < -0.3 is 14.9 Å². The molecule has 210 valence electrons. The van der Waals surface area contributed by atoms with Gasteiger partial charge in [0.25, 0.3) is 5.95 Å². The van der Waals surface area contributed by atoms with Crippen molar-refractivity contribution in [3.63, 3.8) is 0 Å². The Bertz CT molecular complexity index is 1450. The highest BCUT2D eigenvalue weighted by atomic mass is 16.3. The minimum atomic E-state index is -0.548. The third-order valence-electron chi connectivity index (χ3n) is 7.92. The maximum atomic E-state index is 9.90. The lowest BCUT2D eigenvalue weighted by Gasteiger charge is -2.29. The van der Waals surface area contributed by atoms with Crippen LogP contribution in [-0.2, 0) is 19.6 Å². The molecule has 2 heterocycles. The summed E-state index contributed by atoms with van der Waals surface area (Å²) in [5.41, 5.74) is 7.17. The number of aliphatic hydroxyl groups is 1. The molecule has 40 heavy (non-hydrogen) atoms. The standard InChI is InChI=1S/C32H41N7O/c1-21-12-22(2)14-27(13-21)19-38(32-34-36-39(35-32)16-24(4)40)20-29-15-28-7-5-6-23(3)30(28)33-31(29)37(17-25-8-9-25)18-26-10-11-26/h5-7,12-15,24-26,40H,8-11,16-20H2,1-4H3. The fourth-order valence-corrected chi connectivity index (χ4v) is 5.70. The van der Waals surface area contributed by atoms with Crippen molar-refractivity contribution < 1.29 is 5.11 Å². The molecule has 0 bridgehead atoms. The summed E-state index contributed by atoms with van der Waals surface area (Å²) >= 11 is 0. The molecule has 2 fully saturated rings. The lowest BCUT2D eigenvalue weighted by molar-refractivity contribution is 0.161. The zero-order valence-electron chi connectivity index (χ0n) is 24.2. The van der Waals surface area contributed by atoms with E-state index in [-0.39, 0.29) is 0 Å². The van der Waals surface area contributed by atoms with E-state index in [9.17, 15) is 5.11 Å². The van der Waals surface area contributed by atoms with Crippen LogP contribution in [0.25, 0.3) is 10.9 Å². The van der Waals surface area contributed by atoms with Gasteiger partial charge in [-0.05, 0) is 87.6 Å². The molecule has 8 heteroatoms. The van der Waals surface area contributed by atoms with Crippen LogP contribution in [0.3, 0.4) is 0 Å². The van der Waals surface area contributed by atoms with Crippen LogP contribution in [0.15, 0.2) is 42.5 Å². The number of anilines is 2. The first-order valence-electron chi connectivity index (χ1n) is 14.7. The number of tetrazole rings is 1. The number of aliphatic hydroxyl groups excluding tert-OH is 1. The summed E-state index contributed by atoms with van der Waals surface area (Å²) in [5.74, 6) is 3.21.